The predicted octanol–water partition coefficient (Wildman–Crippen LogP) is 0.721. The maximum atomic E-state index is 12.4. The van der Waals surface area contributed by atoms with Crippen LogP contribution in [0.5, 0.6) is 0 Å². The van der Waals surface area contributed by atoms with Crippen molar-refractivity contribution in [3.8, 4) is 0 Å². The summed E-state index contributed by atoms with van der Waals surface area (Å²) >= 11 is 5.78. The van der Waals surface area contributed by atoms with Crippen LogP contribution >= 0.6 is 24.0 Å². The summed E-state index contributed by atoms with van der Waals surface area (Å²) in [6.45, 7) is 3.38. The Morgan fingerprint density at radius 3 is 2.89 bits per heavy atom. The second-order valence-corrected chi connectivity index (χ2v) is 6.60. The Morgan fingerprint density at radius 2 is 2.26 bits per heavy atom. The lowest BCUT2D eigenvalue weighted by molar-refractivity contribution is 0.310. The van der Waals surface area contributed by atoms with E-state index in [2.05, 4.69) is 10.3 Å². The molecule has 1 atom stereocenters. The van der Waals surface area contributed by atoms with Gasteiger partial charge in [-0.2, -0.15) is 4.31 Å². The second kappa shape index (κ2) is 6.23. The number of nitrogens with two attached hydrogens (primary N) is 1. The third-order valence-electron chi connectivity index (χ3n) is 2.80. The van der Waals surface area contributed by atoms with E-state index in [1.54, 1.807) is 0 Å². The fourth-order valence-electron chi connectivity index (χ4n) is 1.89. The van der Waals surface area contributed by atoms with Gasteiger partial charge in [0.2, 0.25) is 10.0 Å². The number of nitrogen functional groups attached to an aromatic ring is 1. The number of rotatable bonds is 2. The van der Waals surface area contributed by atoms with Crippen molar-refractivity contribution >= 4 is 39.8 Å². The molecule has 108 valence electrons. The van der Waals surface area contributed by atoms with E-state index in [9.17, 15) is 8.42 Å². The summed E-state index contributed by atoms with van der Waals surface area (Å²) in [5.74, 6) is -0.0226. The molecule has 0 bridgehead atoms. The monoisotopic (exact) mass is 326 g/mol. The molecule has 1 saturated heterocycles. The average molecular weight is 327 g/mol. The second-order valence-electron chi connectivity index (χ2n) is 4.26. The molecule has 1 aliphatic rings. The minimum absolute atomic E-state index is 0. The summed E-state index contributed by atoms with van der Waals surface area (Å²) < 4.78 is 26.3. The fourth-order valence-corrected chi connectivity index (χ4v) is 3.74. The van der Waals surface area contributed by atoms with Gasteiger partial charge in [-0.05, 0) is 13.0 Å². The van der Waals surface area contributed by atoms with Crippen molar-refractivity contribution in [1.82, 2.24) is 14.6 Å². The van der Waals surface area contributed by atoms with Crippen molar-refractivity contribution < 1.29 is 8.42 Å². The smallest absolute Gasteiger partial charge is 0.246 e. The van der Waals surface area contributed by atoms with Crippen LogP contribution in [0.4, 0.5) is 5.82 Å². The van der Waals surface area contributed by atoms with Gasteiger partial charge in [-0.25, -0.2) is 13.4 Å². The molecule has 0 aromatic carbocycles. The topological polar surface area (TPSA) is 88.3 Å². The predicted molar refractivity (Wildman–Crippen MR) is 77.1 cm³/mol. The molecule has 3 N–H and O–H groups in total. The molecule has 9 heteroatoms. The summed E-state index contributed by atoms with van der Waals surface area (Å²) in [7, 11) is -3.63. The number of hydrogen-bond acceptors (Lipinski definition) is 5. The Morgan fingerprint density at radius 1 is 1.58 bits per heavy atom. The van der Waals surface area contributed by atoms with Crippen LogP contribution in [-0.4, -0.2) is 43.4 Å². The first-order chi connectivity index (χ1) is 8.41. The number of pyridine rings is 1. The summed E-state index contributed by atoms with van der Waals surface area (Å²) in [6, 6.07) is 1.45. The lowest BCUT2D eigenvalue weighted by atomic mass is 10.3. The molecule has 1 aromatic rings. The van der Waals surface area contributed by atoms with Gasteiger partial charge >= 0.3 is 0 Å². The molecule has 6 nitrogen and oxygen atoms in total. The maximum absolute atomic E-state index is 12.4. The molecular weight excluding hydrogens is 311 g/mol. The molecule has 0 saturated carbocycles. The Bertz CT molecular complexity index is 552. The Kier molecular flexibility index (Phi) is 5.40. The highest BCUT2D eigenvalue weighted by Gasteiger charge is 2.30. The Balaban J connectivity index is 0.00000180. The highest BCUT2D eigenvalue weighted by Crippen LogP contribution is 2.24. The van der Waals surface area contributed by atoms with E-state index in [0.717, 1.165) is 0 Å². The van der Waals surface area contributed by atoms with E-state index in [0.29, 0.717) is 19.6 Å². The van der Waals surface area contributed by atoms with Crippen molar-refractivity contribution in [2.24, 2.45) is 0 Å². The van der Waals surface area contributed by atoms with Gasteiger partial charge in [0.25, 0.3) is 0 Å². The lowest BCUT2D eigenvalue weighted by Crippen LogP contribution is -2.51. The molecule has 1 unspecified atom stereocenters. The van der Waals surface area contributed by atoms with Crippen LogP contribution in [0.2, 0.25) is 5.02 Å². The van der Waals surface area contributed by atoms with Crippen LogP contribution in [0.3, 0.4) is 0 Å². The van der Waals surface area contributed by atoms with Crippen LogP contribution in [-0.2, 0) is 10.0 Å². The zero-order valence-electron chi connectivity index (χ0n) is 10.3. The molecule has 0 aliphatic carbocycles. The molecule has 19 heavy (non-hydrogen) atoms. The van der Waals surface area contributed by atoms with Crippen molar-refractivity contribution in [3.63, 3.8) is 0 Å². The van der Waals surface area contributed by atoms with Gasteiger partial charge in [-0.3, -0.25) is 0 Å². The largest absolute Gasteiger partial charge is 0.383 e. The van der Waals surface area contributed by atoms with Gasteiger partial charge in [0.05, 0.1) is 5.02 Å². The average Bonchev–Trinajstić information content (AvgIpc) is 2.32. The minimum Gasteiger partial charge on any atom is -0.383 e. The van der Waals surface area contributed by atoms with Crippen LogP contribution in [0.25, 0.3) is 0 Å². The van der Waals surface area contributed by atoms with E-state index in [4.69, 9.17) is 17.3 Å². The van der Waals surface area contributed by atoms with Crippen molar-refractivity contribution in [2.45, 2.75) is 17.9 Å². The number of halogens is 2. The van der Waals surface area contributed by atoms with Crippen LogP contribution in [0.1, 0.15) is 6.92 Å². The summed E-state index contributed by atoms with van der Waals surface area (Å²) in [6.07, 6.45) is 1.33. The standard InChI is InChI=1S/C10H15ClN4O2S.ClH/c1-7-6-15(3-2-13-7)18(16,17)9-4-8(11)5-14-10(9)12;/h4-5,7,13H,2-3,6H2,1H3,(H2,12,14);1H. The first kappa shape index (κ1) is 16.5. The molecule has 2 rings (SSSR count). The fraction of sp³-hybridized carbons (Fsp3) is 0.500. The summed E-state index contributed by atoms with van der Waals surface area (Å²) in [5.41, 5.74) is 5.63. The highest BCUT2D eigenvalue weighted by molar-refractivity contribution is 7.89. The van der Waals surface area contributed by atoms with Gasteiger partial charge in [-0.15, -0.1) is 12.4 Å². The number of sulfonamides is 1. The first-order valence-electron chi connectivity index (χ1n) is 5.56. The van der Waals surface area contributed by atoms with E-state index < -0.39 is 10.0 Å². The quantitative estimate of drug-likeness (QED) is 0.836. The molecule has 0 amide bonds. The number of aromatic nitrogens is 1. The molecule has 0 spiro atoms. The van der Waals surface area contributed by atoms with E-state index in [1.165, 1.54) is 16.6 Å². The first-order valence-corrected chi connectivity index (χ1v) is 7.37. The SMILES string of the molecule is CC1CN(S(=O)(=O)c2cc(Cl)cnc2N)CCN1.Cl. The van der Waals surface area contributed by atoms with Crippen LogP contribution in [0, 0.1) is 0 Å². The minimum atomic E-state index is -3.63. The third-order valence-corrected chi connectivity index (χ3v) is 4.90. The highest BCUT2D eigenvalue weighted by atomic mass is 35.5. The van der Waals surface area contributed by atoms with Crippen LogP contribution < -0.4 is 11.1 Å². The Labute approximate surface area is 123 Å². The zero-order chi connectivity index (χ0) is 13.3. The van der Waals surface area contributed by atoms with E-state index in [1.807, 2.05) is 6.92 Å². The van der Waals surface area contributed by atoms with E-state index in [-0.39, 0.29) is 34.2 Å². The number of nitrogens with one attached hydrogen (secondary N) is 1. The number of nitrogens with zero attached hydrogens (tertiary/aromatic N) is 2. The molecule has 1 aromatic heterocycles. The van der Waals surface area contributed by atoms with Crippen LogP contribution in [0.15, 0.2) is 17.2 Å². The Hall–Kier alpha value is -0.600. The number of anilines is 1. The van der Waals surface area contributed by atoms with Gasteiger partial charge in [-0.1, -0.05) is 11.6 Å². The van der Waals surface area contributed by atoms with Gasteiger partial charge < -0.3 is 11.1 Å². The zero-order valence-corrected chi connectivity index (χ0v) is 12.7. The summed E-state index contributed by atoms with van der Waals surface area (Å²) in [4.78, 5) is 3.76. The molecule has 1 fully saturated rings. The molecular formula is C10H16Cl2N4O2S. The van der Waals surface area contributed by atoms with Crippen molar-refractivity contribution in [1.29, 1.82) is 0 Å². The number of hydrogen-bond donors (Lipinski definition) is 2. The molecule has 0 radical (unpaired) electrons. The van der Waals surface area contributed by atoms with Crippen molar-refractivity contribution in [2.75, 3.05) is 25.4 Å². The third kappa shape index (κ3) is 3.49. The molecule has 2 heterocycles. The van der Waals surface area contributed by atoms with Gasteiger partial charge in [0.1, 0.15) is 10.7 Å². The van der Waals surface area contributed by atoms with Gasteiger partial charge in [0, 0.05) is 31.9 Å². The maximum Gasteiger partial charge on any atom is 0.246 e. The van der Waals surface area contributed by atoms with E-state index >= 15 is 0 Å². The summed E-state index contributed by atoms with van der Waals surface area (Å²) in [5, 5.41) is 3.44. The lowest BCUT2D eigenvalue weighted by Gasteiger charge is -2.31. The van der Waals surface area contributed by atoms with Gasteiger partial charge in [0.15, 0.2) is 0 Å². The number of piperazine rings is 1. The normalized spacial score (nSPS) is 20.8. The van der Waals surface area contributed by atoms with Crippen molar-refractivity contribution in [3.05, 3.63) is 17.3 Å². The molecule has 1 aliphatic heterocycles.